The van der Waals surface area contributed by atoms with Crippen LogP contribution in [0.4, 0.5) is 0 Å². The molecule has 0 spiro atoms. The molecule has 130 valence electrons. The Morgan fingerprint density at radius 1 is 1.04 bits per heavy atom. The first-order chi connectivity index (χ1) is 12.0. The van der Waals surface area contributed by atoms with Gasteiger partial charge in [0.25, 0.3) is 0 Å². The van der Waals surface area contributed by atoms with E-state index in [1.165, 1.54) is 0 Å². The second-order valence-electron chi connectivity index (χ2n) is 6.87. The summed E-state index contributed by atoms with van der Waals surface area (Å²) < 4.78 is 16.8. The van der Waals surface area contributed by atoms with Gasteiger partial charge in [-0.2, -0.15) is 0 Å². The van der Waals surface area contributed by atoms with Gasteiger partial charge < -0.3 is 14.2 Å². The van der Waals surface area contributed by atoms with E-state index in [9.17, 15) is 4.79 Å². The summed E-state index contributed by atoms with van der Waals surface area (Å²) in [7, 11) is 1.60. The minimum atomic E-state index is -0.0594. The van der Waals surface area contributed by atoms with Crippen molar-refractivity contribution in [2.24, 2.45) is 5.41 Å². The molecule has 2 aromatic carbocycles. The fraction of sp³-hybridized carbons (Fsp3) is 0.286. The summed E-state index contributed by atoms with van der Waals surface area (Å²) in [5.74, 6) is 2.12. The lowest BCUT2D eigenvalue weighted by molar-refractivity contribution is 0.104. The van der Waals surface area contributed by atoms with E-state index in [-0.39, 0.29) is 11.2 Å². The number of benzene rings is 2. The molecule has 0 aliphatic carbocycles. The second kappa shape index (κ2) is 7.01. The number of carbonyl (C=O) groups excluding carboxylic acids is 1. The average Bonchev–Trinajstić information content (AvgIpc) is 2.78. The summed E-state index contributed by atoms with van der Waals surface area (Å²) in [6.45, 7) is 5.42. The maximum Gasteiger partial charge on any atom is 0.185 e. The predicted molar refractivity (Wildman–Crippen MR) is 97.6 cm³/mol. The van der Waals surface area contributed by atoms with Crippen molar-refractivity contribution in [3.05, 3.63) is 59.7 Å². The Hall–Kier alpha value is -2.75. The molecule has 2 aromatic rings. The first-order valence-electron chi connectivity index (χ1n) is 8.23. The lowest BCUT2D eigenvalue weighted by atomic mass is 9.97. The average molecular weight is 338 g/mol. The number of carbonyl (C=O) groups is 1. The van der Waals surface area contributed by atoms with Crippen molar-refractivity contribution >= 4 is 11.9 Å². The molecule has 1 aliphatic rings. The monoisotopic (exact) mass is 338 g/mol. The number of methoxy groups -OCH3 is 1. The van der Waals surface area contributed by atoms with Gasteiger partial charge >= 0.3 is 0 Å². The molecule has 0 radical (unpaired) electrons. The van der Waals surface area contributed by atoms with Crippen molar-refractivity contribution in [2.75, 3.05) is 20.3 Å². The summed E-state index contributed by atoms with van der Waals surface area (Å²) >= 11 is 0. The molecular formula is C21H22O4. The van der Waals surface area contributed by atoms with Crippen LogP contribution in [0.5, 0.6) is 17.2 Å². The summed E-state index contributed by atoms with van der Waals surface area (Å²) in [6, 6.07) is 12.7. The van der Waals surface area contributed by atoms with Gasteiger partial charge in [0.1, 0.15) is 5.75 Å². The van der Waals surface area contributed by atoms with Gasteiger partial charge in [-0.15, -0.1) is 0 Å². The molecule has 0 bridgehead atoms. The van der Waals surface area contributed by atoms with E-state index in [1.54, 1.807) is 43.5 Å². The number of ether oxygens (including phenoxy) is 3. The fourth-order valence-corrected chi connectivity index (χ4v) is 2.47. The lowest BCUT2D eigenvalue weighted by Gasteiger charge is -2.19. The Kier molecular flexibility index (Phi) is 4.79. The third-order valence-corrected chi connectivity index (χ3v) is 4.01. The van der Waals surface area contributed by atoms with Crippen molar-refractivity contribution in [2.45, 2.75) is 13.8 Å². The molecule has 3 rings (SSSR count). The first kappa shape index (κ1) is 17.1. The Balaban J connectivity index is 1.73. The van der Waals surface area contributed by atoms with Crippen molar-refractivity contribution in [3.8, 4) is 17.2 Å². The van der Waals surface area contributed by atoms with Crippen LogP contribution in [-0.2, 0) is 0 Å². The SMILES string of the molecule is COc1ccc(C(=O)/C=C/c2ccc3c(c2)OCC(C)(C)CO3)cc1. The minimum Gasteiger partial charge on any atom is -0.497 e. The molecule has 0 unspecified atom stereocenters. The van der Waals surface area contributed by atoms with Crippen molar-refractivity contribution in [3.63, 3.8) is 0 Å². The smallest absolute Gasteiger partial charge is 0.185 e. The van der Waals surface area contributed by atoms with E-state index < -0.39 is 0 Å². The Morgan fingerprint density at radius 3 is 2.40 bits per heavy atom. The predicted octanol–water partition coefficient (Wildman–Crippen LogP) is 4.39. The van der Waals surface area contributed by atoms with Crippen molar-refractivity contribution in [1.82, 2.24) is 0 Å². The highest BCUT2D eigenvalue weighted by Crippen LogP contribution is 2.34. The fourth-order valence-electron chi connectivity index (χ4n) is 2.47. The van der Waals surface area contributed by atoms with Crippen LogP contribution in [0.3, 0.4) is 0 Å². The van der Waals surface area contributed by atoms with Crippen LogP contribution in [-0.4, -0.2) is 26.1 Å². The van der Waals surface area contributed by atoms with Crippen LogP contribution < -0.4 is 14.2 Å². The van der Waals surface area contributed by atoms with E-state index in [1.807, 2.05) is 18.2 Å². The number of fused-ring (bicyclic) bond motifs is 1. The van der Waals surface area contributed by atoms with Gasteiger partial charge in [0, 0.05) is 11.0 Å². The van der Waals surface area contributed by atoms with Gasteiger partial charge in [-0.1, -0.05) is 26.0 Å². The molecule has 0 saturated carbocycles. The van der Waals surface area contributed by atoms with Crippen LogP contribution >= 0.6 is 0 Å². The van der Waals surface area contributed by atoms with E-state index >= 15 is 0 Å². The lowest BCUT2D eigenvalue weighted by Crippen LogP contribution is -2.26. The van der Waals surface area contributed by atoms with E-state index in [0.717, 1.165) is 17.1 Å². The zero-order chi connectivity index (χ0) is 17.9. The van der Waals surface area contributed by atoms with Crippen LogP contribution in [0.15, 0.2) is 48.5 Å². The van der Waals surface area contributed by atoms with Crippen LogP contribution in [0.2, 0.25) is 0 Å². The normalized spacial score (nSPS) is 15.6. The highest BCUT2D eigenvalue weighted by atomic mass is 16.5. The molecule has 25 heavy (non-hydrogen) atoms. The van der Waals surface area contributed by atoms with Gasteiger partial charge in [0.05, 0.1) is 20.3 Å². The molecule has 1 aliphatic heterocycles. The molecule has 4 heteroatoms. The second-order valence-corrected chi connectivity index (χ2v) is 6.87. The van der Waals surface area contributed by atoms with Crippen molar-refractivity contribution < 1.29 is 19.0 Å². The highest BCUT2D eigenvalue weighted by molar-refractivity contribution is 6.06. The number of rotatable bonds is 4. The number of hydrogen-bond donors (Lipinski definition) is 0. The standard InChI is InChI=1S/C21H22O4/c1-21(2)13-24-19-11-5-15(12-20(19)25-14-21)4-10-18(22)16-6-8-17(23-3)9-7-16/h4-12H,13-14H2,1-3H3/b10-4+. The van der Waals surface area contributed by atoms with Gasteiger partial charge in [0.2, 0.25) is 0 Å². The third-order valence-electron chi connectivity index (χ3n) is 4.01. The van der Waals surface area contributed by atoms with Gasteiger partial charge in [-0.25, -0.2) is 0 Å². The molecular weight excluding hydrogens is 316 g/mol. The topological polar surface area (TPSA) is 44.8 Å². The van der Waals surface area contributed by atoms with E-state index in [0.29, 0.717) is 24.5 Å². The molecule has 0 atom stereocenters. The first-order valence-corrected chi connectivity index (χ1v) is 8.23. The summed E-state index contributed by atoms with van der Waals surface area (Å²) in [4.78, 5) is 12.3. The van der Waals surface area contributed by atoms with Crippen molar-refractivity contribution in [1.29, 1.82) is 0 Å². The zero-order valence-corrected chi connectivity index (χ0v) is 14.7. The maximum absolute atomic E-state index is 12.3. The van der Waals surface area contributed by atoms with Crippen LogP contribution in [0, 0.1) is 5.41 Å². The van der Waals surface area contributed by atoms with E-state index in [4.69, 9.17) is 14.2 Å². The number of hydrogen-bond acceptors (Lipinski definition) is 4. The minimum absolute atomic E-state index is 0.0284. The van der Waals surface area contributed by atoms with Gasteiger partial charge in [-0.05, 0) is 48.0 Å². The highest BCUT2D eigenvalue weighted by Gasteiger charge is 2.25. The zero-order valence-electron chi connectivity index (χ0n) is 14.7. The molecule has 1 heterocycles. The molecule has 0 saturated heterocycles. The molecule has 0 N–H and O–H groups in total. The molecule has 0 aromatic heterocycles. The van der Waals surface area contributed by atoms with Crippen LogP contribution in [0.1, 0.15) is 29.8 Å². The third kappa shape index (κ3) is 4.21. The van der Waals surface area contributed by atoms with Crippen LogP contribution in [0.25, 0.3) is 6.08 Å². The summed E-state index contributed by atoms with van der Waals surface area (Å²) in [5.41, 5.74) is 1.48. The van der Waals surface area contributed by atoms with Gasteiger partial charge in [-0.3, -0.25) is 4.79 Å². The summed E-state index contributed by atoms with van der Waals surface area (Å²) in [5, 5.41) is 0. The molecule has 0 amide bonds. The Bertz CT molecular complexity index is 788. The van der Waals surface area contributed by atoms with E-state index in [2.05, 4.69) is 13.8 Å². The molecule has 4 nitrogen and oxygen atoms in total. The quantitative estimate of drug-likeness (QED) is 0.613. The number of allylic oxidation sites excluding steroid dienone is 1. The molecule has 0 fully saturated rings. The summed E-state index contributed by atoms with van der Waals surface area (Å²) in [6.07, 6.45) is 3.34. The van der Waals surface area contributed by atoms with Gasteiger partial charge in [0.15, 0.2) is 17.3 Å². The Morgan fingerprint density at radius 2 is 1.72 bits per heavy atom. The maximum atomic E-state index is 12.3. The number of ketones is 1. The largest absolute Gasteiger partial charge is 0.497 e. The Labute approximate surface area is 148 Å².